The monoisotopic (exact) mass is 456 g/mol. The summed E-state index contributed by atoms with van der Waals surface area (Å²) in [5, 5.41) is 9.33. The third kappa shape index (κ3) is 4.23. The number of carbonyl (C=O) groups excluding carboxylic acids is 1. The van der Waals surface area contributed by atoms with Gasteiger partial charge in [0, 0.05) is 11.1 Å². The molecule has 5 rings (SSSR count). The fraction of sp³-hybridized carbons (Fsp3) is 0.120. The topological polar surface area (TPSA) is 108 Å². The molecule has 0 unspecified atom stereocenters. The van der Waals surface area contributed by atoms with Crippen LogP contribution in [0.5, 0.6) is 5.75 Å². The van der Waals surface area contributed by atoms with E-state index in [1.165, 1.54) is 18.5 Å². The van der Waals surface area contributed by atoms with Crippen LogP contribution < -0.4 is 15.8 Å². The number of ether oxygens (including phenoxy) is 1. The van der Waals surface area contributed by atoms with E-state index in [2.05, 4.69) is 20.4 Å². The number of primary amides is 1. The minimum Gasteiger partial charge on any atom is -0.480 e. The van der Waals surface area contributed by atoms with Crippen molar-refractivity contribution in [2.45, 2.75) is 19.6 Å². The van der Waals surface area contributed by atoms with Gasteiger partial charge in [-0.05, 0) is 55.0 Å². The van der Waals surface area contributed by atoms with Crippen molar-refractivity contribution in [3.63, 3.8) is 0 Å². The Balaban J connectivity index is 1.46. The van der Waals surface area contributed by atoms with Crippen LogP contribution in [0, 0.1) is 5.82 Å². The normalized spacial score (nSPS) is 12.1. The van der Waals surface area contributed by atoms with Gasteiger partial charge in [0.1, 0.15) is 23.7 Å². The van der Waals surface area contributed by atoms with E-state index in [1.54, 1.807) is 31.3 Å². The highest BCUT2D eigenvalue weighted by atomic mass is 19.1. The van der Waals surface area contributed by atoms with Gasteiger partial charge < -0.3 is 15.8 Å². The average molecular weight is 456 g/mol. The van der Waals surface area contributed by atoms with E-state index in [0.717, 1.165) is 22.2 Å². The molecular weight excluding hydrogens is 435 g/mol. The predicted molar refractivity (Wildman–Crippen MR) is 127 cm³/mol. The number of hydrogen-bond donors (Lipinski definition) is 2. The molecular formula is C25H21FN6O2. The molecule has 0 bridgehead atoms. The fourth-order valence-corrected chi connectivity index (χ4v) is 3.76. The molecule has 0 saturated heterocycles. The summed E-state index contributed by atoms with van der Waals surface area (Å²) >= 11 is 0. The van der Waals surface area contributed by atoms with Crippen LogP contribution in [0.15, 0.2) is 73.2 Å². The number of hydrogen-bond acceptors (Lipinski definition) is 6. The van der Waals surface area contributed by atoms with Crippen LogP contribution in [0.4, 0.5) is 15.9 Å². The Kier molecular flexibility index (Phi) is 5.51. The van der Waals surface area contributed by atoms with Crippen LogP contribution in [-0.2, 0) is 11.3 Å². The van der Waals surface area contributed by atoms with Gasteiger partial charge in [0.05, 0.1) is 29.2 Å². The number of amides is 1. The Bertz CT molecular complexity index is 1510. The van der Waals surface area contributed by atoms with Gasteiger partial charge >= 0.3 is 0 Å². The third-order valence-electron chi connectivity index (χ3n) is 5.46. The summed E-state index contributed by atoms with van der Waals surface area (Å²) in [5.41, 5.74) is 8.56. The molecule has 3 N–H and O–H groups in total. The van der Waals surface area contributed by atoms with Gasteiger partial charge in [0.2, 0.25) is 0 Å². The number of benzene rings is 3. The number of halogens is 1. The molecule has 5 aromatic rings. The summed E-state index contributed by atoms with van der Waals surface area (Å²) in [6.07, 6.45) is 2.42. The first-order chi connectivity index (χ1) is 16.5. The smallest absolute Gasteiger partial charge is 0.258 e. The summed E-state index contributed by atoms with van der Waals surface area (Å²) in [7, 11) is 0. The molecule has 1 atom stereocenters. The lowest BCUT2D eigenvalue weighted by atomic mass is 10.2. The Morgan fingerprint density at radius 3 is 2.82 bits per heavy atom. The van der Waals surface area contributed by atoms with Crippen molar-refractivity contribution in [2.24, 2.45) is 5.73 Å². The van der Waals surface area contributed by atoms with Crippen molar-refractivity contribution in [3.8, 4) is 5.75 Å². The first-order valence-corrected chi connectivity index (χ1v) is 10.6. The summed E-state index contributed by atoms with van der Waals surface area (Å²) in [4.78, 5) is 20.2. The average Bonchev–Trinajstić information content (AvgIpc) is 3.21. The number of rotatable bonds is 7. The van der Waals surface area contributed by atoms with Crippen LogP contribution in [0.25, 0.3) is 21.8 Å². The number of anilines is 2. The molecule has 8 nitrogen and oxygen atoms in total. The van der Waals surface area contributed by atoms with Crippen LogP contribution in [0.2, 0.25) is 0 Å². The van der Waals surface area contributed by atoms with Gasteiger partial charge in [-0.1, -0.05) is 18.2 Å². The maximum Gasteiger partial charge on any atom is 0.258 e. The molecule has 3 aromatic carbocycles. The van der Waals surface area contributed by atoms with Gasteiger partial charge in [-0.2, -0.15) is 5.10 Å². The molecule has 34 heavy (non-hydrogen) atoms. The number of aromatic nitrogens is 4. The fourth-order valence-electron chi connectivity index (χ4n) is 3.76. The van der Waals surface area contributed by atoms with Gasteiger partial charge in [-0.25, -0.2) is 14.4 Å². The molecule has 0 fully saturated rings. The lowest BCUT2D eigenvalue weighted by Gasteiger charge is -2.15. The van der Waals surface area contributed by atoms with E-state index in [9.17, 15) is 9.18 Å². The lowest BCUT2D eigenvalue weighted by Crippen LogP contribution is -2.30. The van der Waals surface area contributed by atoms with Crippen molar-refractivity contribution < 1.29 is 13.9 Å². The molecule has 2 heterocycles. The first kappa shape index (κ1) is 21.3. The summed E-state index contributed by atoms with van der Waals surface area (Å²) in [5.74, 6) is 0.148. The highest BCUT2D eigenvalue weighted by Gasteiger charge is 2.16. The summed E-state index contributed by atoms with van der Waals surface area (Å²) in [6.45, 7) is 2.05. The number of nitrogens with zero attached hydrogens (tertiary/aromatic N) is 4. The molecule has 0 radical (unpaired) electrons. The quantitative estimate of drug-likeness (QED) is 0.381. The second kappa shape index (κ2) is 8.78. The molecule has 0 aliphatic heterocycles. The van der Waals surface area contributed by atoms with Crippen molar-refractivity contribution in [2.75, 3.05) is 5.32 Å². The molecule has 0 saturated carbocycles. The van der Waals surface area contributed by atoms with Crippen LogP contribution in [0.1, 0.15) is 12.5 Å². The van der Waals surface area contributed by atoms with Crippen LogP contribution in [-0.4, -0.2) is 31.8 Å². The van der Waals surface area contributed by atoms with Crippen molar-refractivity contribution in [3.05, 3.63) is 84.6 Å². The first-order valence-electron chi connectivity index (χ1n) is 10.6. The molecule has 0 spiro atoms. The zero-order valence-corrected chi connectivity index (χ0v) is 18.3. The van der Waals surface area contributed by atoms with Crippen LogP contribution >= 0.6 is 0 Å². The molecule has 170 valence electrons. The van der Waals surface area contributed by atoms with E-state index in [1.807, 2.05) is 35.0 Å². The maximum atomic E-state index is 13.5. The SMILES string of the molecule is C[C@@H](Oc1cccc2ncnc(Nc3ccc4c(cnn4Cc4cccc(F)c4)c3)c12)C(N)=O. The molecule has 0 aliphatic rings. The minimum absolute atomic E-state index is 0.272. The number of nitrogens with two attached hydrogens (primary N) is 1. The predicted octanol–water partition coefficient (Wildman–Crippen LogP) is 4.16. The number of nitrogens with one attached hydrogen (secondary N) is 1. The number of fused-ring (bicyclic) bond motifs is 2. The zero-order chi connectivity index (χ0) is 23.7. The van der Waals surface area contributed by atoms with Crippen LogP contribution in [0.3, 0.4) is 0 Å². The molecule has 0 aliphatic carbocycles. The van der Waals surface area contributed by atoms with Crippen molar-refractivity contribution in [1.29, 1.82) is 0 Å². The Labute approximate surface area is 194 Å². The van der Waals surface area contributed by atoms with Gasteiger partial charge in [-0.3, -0.25) is 9.48 Å². The van der Waals surface area contributed by atoms with E-state index in [-0.39, 0.29) is 5.82 Å². The van der Waals surface area contributed by atoms with E-state index < -0.39 is 12.0 Å². The highest BCUT2D eigenvalue weighted by molar-refractivity contribution is 5.96. The van der Waals surface area contributed by atoms with Gasteiger partial charge in [0.15, 0.2) is 6.10 Å². The van der Waals surface area contributed by atoms with E-state index in [4.69, 9.17) is 10.5 Å². The minimum atomic E-state index is -0.807. The maximum absolute atomic E-state index is 13.5. The lowest BCUT2D eigenvalue weighted by molar-refractivity contribution is -0.123. The summed E-state index contributed by atoms with van der Waals surface area (Å²) < 4.78 is 21.1. The van der Waals surface area contributed by atoms with Crippen molar-refractivity contribution >= 4 is 39.2 Å². The van der Waals surface area contributed by atoms with E-state index >= 15 is 0 Å². The highest BCUT2D eigenvalue weighted by Crippen LogP contribution is 2.32. The largest absolute Gasteiger partial charge is 0.480 e. The second-order valence-corrected chi connectivity index (χ2v) is 7.87. The third-order valence-corrected chi connectivity index (χ3v) is 5.46. The molecule has 1 amide bonds. The molecule has 9 heteroatoms. The Hall–Kier alpha value is -4.53. The Morgan fingerprint density at radius 2 is 2.00 bits per heavy atom. The van der Waals surface area contributed by atoms with Crippen molar-refractivity contribution in [1.82, 2.24) is 19.7 Å². The standard InChI is InChI=1S/C25H21FN6O2/c1-15(24(27)33)34-22-7-3-6-20-23(22)25(29-14-28-20)31-19-8-9-21-17(11-19)12-30-32(21)13-16-4-2-5-18(26)10-16/h2-12,14-15H,13H2,1H3,(H2,27,33)(H,28,29,31)/t15-/m1/s1. The van der Waals surface area contributed by atoms with Gasteiger partial charge in [0.25, 0.3) is 5.91 Å². The van der Waals surface area contributed by atoms with E-state index in [0.29, 0.717) is 29.0 Å². The number of carbonyl (C=O) groups is 1. The summed E-state index contributed by atoms with van der Waals surface area (Å²) in [6, 6.07) is 17.7. The van der Waals surface area contributed by atoms with Gasteiger partial charge in [-0.15, -0.1) is 0 Å². The Morgan fingerprint density at radius 1 is 1.15 bits per heavy atom. The zero-order valence-electron chi connectivity index (χ0n) is 18.3. The molecule has 2 aromatic heterocycles. The second-order valence-electron chi connectivity index (χ2n) is 7.87.